The van der Waals surface area contributed by atoms with Crippen molar-refractivity contribution in [3.8, 4) is 0 Å². The van der Waals surface area contributed by atoms with Crippen LogP contribution in [0.5, 0.6) is 0 Å². The molecule has 0 radical (unpaired) electrons. The fourth-order valence-corrected chi connectivity index (χ4v) is 2.16. The summed E-state index contributed by atoms with van der Waals surface area (Å²) in [6, 6.07) is 2.97. The van der Waals surface area contributed by atoms with E-state index in [9.17, 15) is 0 Å². The Hall–Kier alpha value is -0.800. The molecule has 0 saturated heterocycles. The minimum Gasteiger partial charge on any atom is -0.465 e. The smallest absolute Gasteiger partial charge is 0.118 e. The van der Waals surface area contributed by atoms with Gasteiger partial charge in [-0.1, -0.05) is 13.3 Å². The maximum atomic E-state index is 5.84. The second kappa shape index (κ2) is 6.39. The lowest BCUT2D eigenvalue weighted by molar-refractivity contribution is 0.288. The van der Waals surface area contributed by atoms with Crippen LogP contribution in [0.3, 0.4) is 0 Å². The van der Waals surface area contributed by atoms with Gasteiger partial charge in [0.15, 0.2) is 0 Å². The van der Waals surface area contributed by atoms with Crippen molar-refractivity contribution in [2.24, 2.45) is 0 Å². The Morgan fingerprint density at radius 3 is 2.89 bits per heavy atom. The molecule has 1 aliphatic rings. The highest BCUT2D eigenvalue weighted by atomic mass is 16.3. The number of rotatable bonds is 8. The molecule has 1 saturated carbocycles. The third-order valence-corrected chi connectivity index (χ3v) is 3.55. The van der Waals surface area contributed by atoms with Crippen molar-refractivity contribution in [1.29, 1.82) is 0 Å². The summed E-state index contributed by atoms with van der Waals surface area (Å²) in [5.74, 6) is 2.17. The molecule has 0 atom stereocenters. The minimum absolute atomic E-state index is 0.759. The van der Waals surface area contributed by atoms with Gasteiger partial charge in [-0.05, 0) is 45.8 Å². The molecule has 3 nitrogen and oxygen atoms in total. The van der Waals surface area contributed by atoms with E-state index in [1.807, 2.05) is 0 Å². The van der Waals surface area contributed by atoms with E-state index in [1.54, 1.807) is 0 Å². The summed E-state index contributed by atoms with van der Waals surface area (Å²) in [5, 5.41) is 3.54. The molecule has 0 aliphatic heterocycles. The number of hydrogen-bond acceptors (Lipinski definition) is 3. The first-order chi connectivity index (χ1) is 8.69. The minimum atomic E-state index is 0.759. The van der Waals surface area contributed by atoms with Crippen LogP contribution >= 0.6 is 0 Å². The molecule has 0 aromatic carbocycles. The summed E-state index contributed by atoms with van der Waals surface area (Å²) in [5.41, 5.74) is 1.32. The highest BCUT2D eigenvalue weighted by molar-refractivity contribution is 5.21. The van der Waals surface area contributed by atoms with Crippen LogP contribution in [-0.2, 0) is 13.1 Å². The first-order valence-electron chi connectivity index (χ1n) is 7.19. The number of hydrogen-bond donors (Lipinski definition) is 1. The van der Waals surface area contributed by atoms with E-state index >= 15 is 0 Å². The van der Waals surface area contributed by atoms with Gasteiger partial charge in [-0.25, -0.2) is 0 Å². The third-order valence-electron chi connectivity index (χ3n) is 3.55. The third kappa shape index (κ3) is 4.14. The lowest BCUT2D eigenvalue weighted by Crippen LogP contribution is -2.18. The zero-order valence-corrected chi connectivity index (χ0v) is 12.0. The zero-order valence-electron chi connectivity index (χ0n) is 12.0. The van der Waals surface area contributed by atoms with Crippen LogP contribution < -0.4 is 5.32 Å². The second-order valence-corrected chi connectivity index (χ2v) is 5.54. The molecule has 1 fully saturated rings. The fraction of sp³-hybridized carbons (Fsp3) is 0.733. The molecule has 0 spiro atoms. The normalized spacial score (nSPS) is 15.6. The van der Waals surface area contributed by atoms with E-state index in [0.717, 1.165) is 37.2 Å². The average molecular weight is 250 g/mol. The first kappa shape index (κ1) is 13.6. The Morgan fingerprint density at radius 2 is 2.22 bits per heavy atom. The number of nitrogens with one attached hydrogen (secondary N) is 1. The van der Waals surface area contributed by atoms with Crippen LogP contribution in [0.25, 0.3) is 0 Å². The van der Waals surface area contributed by atoms with Gasteiger partial charge in [0.25, 0.3) is 0 Å². The maximum Gasteiger partial charge on any atom is 0.118 e. The molecule has 1 heterocycles. The molecule has 3 heteroatoms. The molecule has 18 heavy (non-hydrogen) atoms. The van der Waals surface area contributed by atoms with Crippen molar-refractivity contribution in [3.63, 3.8) is 0 Å². The van der Waals surface area contributed by atoms with Crippen LogP contribution in [0, 0.1) is 6.92 Å². The largest absolute Gasteiger partial charge is 0.465 e. The van der Waals surface area contributed by atoms with Crippen molar-refractivity contribution >= 4 is 0 Å². The molecule has 2 rings (SSSR count). The van der Waals surface area contributed by atoms with Crippen LogP contribution in [0.15, 0.2) is 10.5 Å². The molecule has 0 bridgehead atoms. The van der Waals surface area contributed by atoms with Crippen molar-refractivity contribution in [3.05, 3.63) is 23.2 Å². The lowest BCUT2D eigenvalue weighted by atomic mass is 10.2. The van der Waals surface area contributed by atoms with E-state index in [1.165, 1.54) is 31.2 Å². The second-order valence-electron chi connectivity index (χ2n) is 5.54. The SMILES string of the molecule is CCCCN(C)Cc1cc(CNC2CC2)c(C)o1. The Bertz CT molecular complexity index is 369. The van der Waals surface area contributed by atoms with Crippen LogP contribution in [0.2, 0.25) is 0 Å². The van der Waals surface area contributed by atoms with Gasteiger partial charge in [0.2, 0.25) is 0 Å². The highest BCUT2D eigenvalue weighted by Crippen LogP contribution is 2.21. The molecule has 102 valence electrons. The Balaban J connectivity index is 1.82. The summed E-state index contributed by atoms with van der Waals surface area (Å²) in [7, 11) is 2.16. The van der Waals surface area contributed by atoms with Crippen molar-refractivity contribution in [2.75, 3.05) is 13.6 Å². The number of aryl methyl sites for hydroxylation is 1. The molecule has 1 aromatic rings. The van der Waals surface area contributed by atoms with E-state index in [4.69, 9.17) is 4.42 Å². The standard InChI is InChI=1S/C15H26N2O/c1-4-5-8-17(3)11-15-9-13(12(2)18-15)10-16-14-6-7-14/h9,14,16H,4-8,10-11H2,1-3H3. The van der Waals surface area contributed by atoms with Crippen LogP contribution in [0.4, 0.5) is 0 Å². The Morgan fingerprint density at radius 1 is 1.44 bits per heavy atom. The number of unbranched alkanes of at least 4 members (excludes halogenated alkanes) is 1. The maximum absolute atomic E-state index is 5.84. The zero-order chi connectivity index (χ0) is 13.0. The molecular weight excluding hydrogens is 224 g/mol. The van der Waals surface area contributed by atoms with Crippen molar-refractivity contribution in [1.82, 2.24) is 10.2 Å². The summed E-state index contributed by atoms with van der Waals surface area (Å²) >= 11 is 0. The first-order valence-corrected chi connectivity index (χ1v) is 7.19. The molecule has 0 unspecified atom stereocenters. The van der Waals surface area contributed by atoms with Crippen LogP contribution in [0.1, 0.15) is 49.7 Å². The van der Waals surface area contributed by atoms with Gasteiger partial charge in [-0.3, -0.25) is 4.90 Å². The lowest BCUT2D eigenvalue weighted by Gasteiger charge is -2.13. The number of nitrogens with zero attached hydrogens (tertiary/aromatic N) is 1. The monoisotopic (exact) mass is 250 g/mol. The van der Waals surface area contributed by atoms with Gasteiger partial charge >= 0.3 is 0 Å². The topological polar surface area (TPSA) is 28.4 Å². The molecule has 1 N–H and O–H groups in total. The Labute approximate surface area is 111 Å². The van der Waals surface area contributed by atoms with Gasteiger partial charge in [-0.2, -0.15) is 0 Å². The Kier molecular flexibility index (Phi) is 4.84. The fourth-order valence-electron chi connectivity index (χ4n) is 2.16. The summed E-state index contributed by atoms with van der Waals surface area (Å²) in [6.07, 6.45) is 5.18. The summed E-state index contributed by atoms with van der Waals surface area (Å²) in [6.45, 7) is 7.32. The van der Waals surface area contributed by atoms with E-state index in [0.29, 0.717) is 0 Å². The van der Waals surface area contributed by atoms with Gasteiger partial charge < -0.3 is 9.73 Å². The molecule has 1 aliphatic carbocycles. The van der Waals surface area contributed by atoms with E-state index < -0.39 is 0 Å². The summed E-state index contributed by atoms with van der Waals surface area (Å²) in [4.78, 5) is 2.33. The molecule has 0 amide bonds. The van der Waals surface area contributed by atoms with E-state index in [2.05, 4.69) is 37.2 Å². The molecule has 1 aromatic heterocycles. The van der Waals surface area contributed by atoms with Gasteiger partial charge in [-0.15, -0.1) is 0 Å². The quantitative estimate of drug-likeness (QED) is 0.768. The average Bonchev–Trinajstić information content (AvgIpc) is 3.10. The highest BCUT2D eigenvalue weighted by Gasteiger charge is 2.21. The van der Waals surface area contributed by atoms with Gasteiger partial charge in [0.1, 0.15) is 11.5 Å². The van der Waals surface area contributed by atoms with Crippen LogP contribution in [-0.4, -0.2) is 24.5 Å². The summed E-state index contributed by atoms with van der Waals surface area (Å²) < 4.78 is 5.84. The molecular formula is C15H26N2O. The van der Waals surface area contributed by atoms with Crippen molar-refractivity contribution < 1.29 is 4.42 Å². The number of furan rings is 1. The van der Waals surface area contributed by atoms with Gasteiger partial charge in [0, 0.05) is 18.2 Å². The van der Waals surface area contributed by atoms with E-state index in [-0.39, 0.29) is 0 Å². The van der Waals surface area contributed by atoms with Gasteiger partial charge in [0.05, 0.1) is 6.54 Å². The van der Waals surface area contributed by atoms with Crippen molar-refractivity contribution in [2.45, 2.75) is 58.7 Å². The predicted octanol–water partition coefficient (Wildman–Crippen LogP) is 3.07. The predicted molar refractivity (Wildman–Crippen MR) is 74.5 cm³/mol.